The van der Waals surface area contributed by atoms with Gasteiger partial charge in [-0.1, -0.05) is 13.3 Å². The fraction of sp³-hybridized carbons (Fsp3) is 0.545. The first kappa shape index (κ1) is 13.2. The molecule has 0 aliphatic carbocycles. The van der Waals surface area contributed by atoms with Crippen molar-refractivity contribution in [3.63, 3.8) is 0 Å². The SMILES string of the molecule is CCCc1cc(NC(=O)CCCC(=O)O)n[nH]1. The van der Waals surface area contributed by atoms with E-state index in [4.69, 9.17) is 5.11 Å². The maximum Gasteiger partial charge on any atom is 0.303 e. The number of hydrogen-bond acceptors (Lipinski definition) is 3. The van der Waals surface area contributed by atoms with Crippen LogP contribution in [0.2, 0.25) is 0 Å². The number of aromatic amines is 1. The van der Waals surface area contributed by atoms with E-state index in [1.165, 1.54) is 0 Å². The number of nitrogens with one attached hydrogen (secondary N) is 2. The third kappa shape index (κ3) is 5.14. The van der Waals surface area contributed by atoms with Crippen LogP contribution in [0.3, 0.4) is 0 Å². The highest BCUT2D eigenvalue weighted by atomic mass is 16.4. The fourth-order valence-electron chi connectivity index (χ4n) is 1.43. The third-order valence-corrected chi connectivity index (χ3v) is 2.21. The average Bonchev–Trinajstić information content (AvgIpc) is 2.65. The van der Waals surface area contributed by atoms with Crippen molar-refractivity contribution < 1.29 is 14.7 Å². The van der Waals surface area contributed by atoms with E-state index in [0.29, 0.717) is 12.2 Å². The topological polar surface area (TPSA) is 95.1 Å². The van der Waals surface area contributed by atoms with Crippen LogP contribution in [-0.4, -0.2) is 27.2 Å². The summed E-state index contributed by atoms with van der Waals surface area (Å²) in [6.45, 7) is 2.06. The minimum atomic E-state index is -0.886. The van der Waals surface area contributed by atoms with Crippen LogP contribution < -0.4 is 5.32 Å². The Balaban J connectivity index is 2.31. The molecule has 0 aliphatic heterocycles. The molecule has 1 rings (SSSR count). The molecular weight excluding hydrogens is 222 g/mol. The third-order valence-electron chi connectivity index (χ3n) is 2.21. The number of nitrogens with zero attached hydrogens (tertiary/aromatic N) is 1. The van der Waals surface area contributed by atoms with E-state index < -0.39 is 5.97 Å². The zero-order chi connectivity index (χ0) is 12.7. The van der Waals surface area contributed by atoms with E-state index in [2.05, 4.69) is 22.4 Å². The highest BCUT2D eigenvalue weighted by Crippen LogP contribution is 2.08. The zero-order valence-corrected chi connectivity index (χ0v) is 9.82. The Morgan fingerprint density at radius 2 is 2.24 bits per heavy atom. The molecule has 0 radical (unpaired) electrons. The Morgan fingerprint density at radius 1 is 1.47 bits per heavy atom. The van der Waals surface area contributed by atoms with Crippen molar-refractivity contribution in [2.45, 2.75) is 39.0 Å². The monoisotopic (exact) mass is 239 g/mol. The van der Waals surface area contributed by atoms with Crippen LogP contribution in [0.15, 0.2) is 6.07 Å². The summed E-state index contributed by atoms with van der Waals surface area (Å²) in [5.74, 6) is -0.600. The van der Waals surface area contributed by atoms with Gasteiger partial charge < -0.3 is 10.4 Å². The van der Waals surface area contributed by atoms with E-state index in [0.717, 1.165) is 18.5 Å². The van der Waals surface area contributed by atoms with E-state index in [1.807, 2.05) is 0 Å². The van der Waals surface area contributed by atoms with Crippen molar-refractivity contribution >= 4 is 17.7 Å². The van der Waals surface area contributed by atoms with Crippen molar-refractivity contribution in [3.8, 4) is 0 Å². The standard InChI is InChI=1S/C11H17N3O3/c1-2-4-8-7-9(14-13-8)12-10(15)5-3-6-11(16)17/h7H,2-6H2,1H3,(H,16,17)(H2,12,13,14,15). The minimum absolute atomic E-state index is 0.00900. The molecule has 0 aromatic carbocycles. The van der Waals surface area contributed by atoms with Gasteiger partial charge in [0.05, 0.1) is 0 Å². The van der Waals surface area contributed by atoms with Gasteiger partial charge in [0, 0.05) is 24.6 Å². The van der Waals surface area contributed by atoms with Crippen molar-refractivity contribution in [1.29, 1.82) is 0 Å². The molecule has 0 atom stereocenters. The van der Waals surface area contributed by atoms with Crippen LogP contribution in [0, 0.1) is 0 Å². The van der Waals surface area contributed by atoms with Gasteiger partial charge in [0.25, 0.3) is 0 Å². The first-order valence-corrected chi connectivity index (χ1v) is 5.67. The van der Waals surface area contributed by atoms with E-state index >= 15 is 0 Å². The van der Waals surface area contributed by atoms with Gasteiger partial charge in [-0.15, -0.1) is 0 Å². The lowest BCUT2D eigenvalue weighted by atomic mass is 10.2. The average molecular weight is 239 g/mol. The fourth-order valence-corrected chi connectivity index (χ4v) is 1.43. The molecule has 1 amide bonds. The normalized spacial score (nSPS) is 10.2. The number of H-pyrrole nitrogens is 1. The molecule has 1 aromatic heterocycles. The number of carboxylic acid groups (broad SMARTS) is 1. The van der Waals surface area contributed by atoms with Gasteiger partial charge in [0.2, 0.25) is 5.91 Å². The second-order valence-corrected chi connectivity index (χ2v) is 3.82. The first-order valence-electron chi connectivity index (χ1n) is 5.67. The maximum absolute atomic E-state index is 11.4. The lowest BCUT2D eigenvalue weighted by molar-refractivity contribution is -0.137. The van der Waals surface area contributed by atoms with Gasteiger partial charge in [0.15, 0.2) is 5.82 Å². The Hall–Kier alpha value is -1.85. The number of aryl methyl sites for hydroxylation is 1. The quantitative estimate of drug-likeness (QED) is 0.672. The van der Waals surface area contributed by atoms with E-state index in [-0.39, 0.29) is 18.7 Å². The molecule has 94 valence electrons. The number of carboxylic acids is 1. The molecule has 1 heterocycles. The summed E-state index contributed by atoms with van der Waals surface area (Å²) >= 11 is 0. The molecule has 0 aliphatic rings. The number of carbonyl (C=O) groups excluding carboxylic acids is 1. The van der Waals surface area contributed by atoms with Crippen LogP contribution in [0.25, 0.3) is 0 Å². The summed E-state index contributed by atoms with van der Waals surface area (Å²) in [6.07, 6.45) is 2.45. The van der Waals surface area contributed by atoms with Crippen LogP contribution in [0.1, 0.15) is 38.3 Å². The Kier molecular flexibility index (Phi) is 5.19. The van der Waals surface area contributed by atoms with Crippen molar-refractivity contribution in [2.75, 3.05) is 5.32 Å². The molecule has 17 heavy (non-hydrogen) atoms. The summed E-state index contributed by atoms with van der Waals surface area (Å²) in [7, 11) is 0. The maximum atomic E-state index is 11.4. The van der Waals surface area contributed by atoms with Gasteiger partial charge in [0.1, 0.15) is 0 Å². The lowest BCUT2D eigenvalue weighted by Crippen LogP contribution is -2.12. The molecule has 0 bridgehead atoms. The summed E-state index contributed by atoms with van der Waals surface area (Å²) in [5.41, 5.74) is 0.980. The number of anilines is 1. The highest BCUT2D eigenvalue weighted by molar-refractivity contribution is 5.89. The van der Waals surface area contributed by atoms with Gasteiger partial charge in [-0.05, 0) is 12.8 Å². The summed E-state index contributed by atoms with van der Waals surface area (Å²) in [6, 6.07) is 1.79. The number of amides is 1. The molecular formula is C11H17N3O3. The molecule has 0 spiro atoms. The van der Waals surface area contributed by atoms with E-state index in [9.17, 15) is 9.59 Å². The summed E-state index contributed by atoms with van der Waals surface area (Å²) in [5, 5.41) is 17.8. The summed E-state index contributed by atoms with van der Waals surface area (Å²) in [4.78, 5) is 21.7. The summed E-state index contributed by atoms with van der Waals surface area (Å²) < 4.78 is 0. The second-order valence-electron chi connectivity index (χ2n) is 3.82. The molecule has 6 nitrogen and oxygen atoms in total. The number of aromatic nitrogens is 2. The van der Waals surface area contributed by atoms with Gasteiger partial charge in [-0.2, -0.15) is 5.10 Å². The zero-order valence-electron chi connectivity index (χ0n) is 9.82. The van der Waals surface area contributed by atoms with Crippen LogP contribution in [0.4, 0.5) is 5.82 Å². The van der Waals surface area contributed by atoms with E-state index in [1.54, 1.807) is 6.07 Å². The van der Waals surface area contributed by atoms with Gasteiger partial charge in [-0.3, -0.25) is 14.7 Å². The molecule has 3 N–H and O–H groups in total. The van der Waals surface area contributed by atoms with Crippen LogP contribution >= 0.6 is 0 Å². The lowest BCUT2D eigenvalue weighted by Gasteiger charge is -1.99. The van der Waals surface area contributed by atoms with Crippen molar-refractivity contribution in [2.24, 2.45) is 0 Å². The first-order chi connectivity index (χ1) is 8.11. The number of aliphatic carboxylic acids is 1. The Labute approximate surface area is 99.4 Å². The molecule has 6 heteroatoms. The van der Waals surface area contributed by atoms with Crippen molar-refractivity contribution in [3.05, 3.63) is 11.8 Å². The Morgan fingerprint density at radius 3 is 2.88 bits per heavy atom. The molecule has 0 saturated heterocycles. The predicted molar refractivity (Wildman–Crippen MR) is 62.7 cm³/mol. The van der Waals surface area contributed by atoms with Crippen molar-refractivity contribution in [1.82, 2.24) is 10.2 Å². The highest BCUT2D eigenvalue weighted by Gasteiger charge is 2.06. The molecule has 1 aromatic rings. The Bertz CT molecular complexity index is 387. The molecule has 0 fully saturated rings. The number of hydrogen-bond donors (Lipinski definition) is 3. The van der Waals surface area contributed by atoms with Gasteiger partial charge in [-0.25, -0.2) is 0 Å². The largest absolute Gasteiger partial charge is 0.481 e. The smallest absolute Gasteiger partial charge is 0.303 e. The number of rotatable bonds is 7. The van der Waals surface area contributed by atoms with Crippen LogP contribution in [0.5, 0.6) is 0 Å². The predicted octanol–water partition coefficient (Wildman–Crippen LogP) is 1.56. The van der Waals surface area contributed by atoms with Gasteiger partial charge >= 0.3 is 5.97 Å². The molecule has 0 unspecified atom stereocenters. The minimum Gasteiger partial charge on any atom is -0.481 e. The second kappa shape index (κ2) is 6.67. The molecule has 0 saturated carbocycles. The van der Waals surface area contributed by atoms with Crippen LogP contribution in [-0.2, 0) is 16.0 Å². The number of carbonyl (C=O) groups is 2.